The van der Waals surface area contributed by atoms with Crippen LogP contribution in [0.5, 0.6) is 0 Å². The van der Waals surface area contributed by atoms with Crippen LogP contribution in [-0.2, 0) is 17.8 Å². The number of H-pyrrole nitrogens is 1. The van der Waals surface area contributed by atoms with E-state index in [0.717, 1.165) is 12.0 Å². The van der Waals surface area contributed by atoms with Crippen molar-refractivity contribution in [2.24, 2.45) is 0 Å². The maximum absolute atomic E-state index is 12.3. The Balaban J connectivity index is 1.68. The molecule has 3 N–H and O–H groups in total. The summed E-state index contributed by atoms with van der Waals surface area (Å²) in [5.74, 6) is 0.704. The Morgan fingerprint density at radius 2 is 2.36 bits per heavy atom. The van der Waals surface area contributed by atoms with Crippen LogP contribution in [0.2, 0.25) is 0 Å². The molecule has 3 heterocycles. The summed E-state index contributed by atoms with van der Waals surface area (Å²) in [5, 5.41) is 19.0. The first kappa shape index (κ1) is 15.1. The summed E-state index contributed by atoms with van der Waals surface area (Å²) in [6.45, 7) is 4.70. The van der Waals surface area contributed by atoms with E-state index >= 15 is 0 Å². The van der Waals surface area contributed by atoms with E-state index in [1.165, 1.54) is 16.2 Å². The number of amides is 1. The Morgan fingerprint density at radius 1 is 1.55 bits per heavy atom. The van der Waals surface area contributed by atoms with Crippen LogP contribution in [0, 0.1) is 0 Å². The zero-order chi connectivity index (χ0) is 15.7. The molecule has 2 aromatic rings. The summed E-state index contributed by atoms with van der Waals surface area (Å²) in [7, 11) is 0. The highest BCUT2D eigenvalue weighted by Gasteiger charge is 2.20. The number of carbonyl (C=O) groups excluding carboxylic acids is 1. The molecule has 0 saturated heterocycles. The summed E-state index contributed by atoms with van der Waals surface area (Å²) in [5.41, 5.74) is 1.10. The number of nitrogens with one attached hydrogen (secondary N) is 2. The summed E-state index contributed by atoms with van der Waals surface area (Å²) in [6, 6.07) is 1.57. The zero-order valence-corrected chi connectivity index (χ0v) is 13.2. The Bertz CT molecular complexity index is 656. The first-order chi connectivity index (χ1) is 10.5. The first-order valence-corrected chi connectivity index (χ1v) is 7.96. The molecule has 0 aromatic carbocycles. The average Bonchev–Trinajstić information content (AvgIpc) is 3.14. The van der Waals surface area contributed by atoms with E-state index in [1.54, 1.807) is 6.92 Å². The van der Waals surface area contributed by atoms with E-state index in [-0.39, 0.29) is 11.9 Å². The van der Waals surface area contributed by atoms with Crippen molar-refractivity contribution in [1.82, 2.24) is 20.5 Å². The number of hydrogen-bond donors (Lipinski definition) is 3. The van der Waals surface area contributed by atoms with Gasteiger partial charge in [-0.2, -0.15) is 5.10 Å². The van der Waals surface area contributed by atoms with Crippen LogP contribution in [0.25, 0.3) is 0 Å². The molecule has 0 bridgehead atoms. The molecule has 8 heteroatoms. The lowest BCUT2D eigenvalue weighted by Crippen LogP contribution is -2.26. The standard InChI is InChI=1S/C14H18N4O3S/c1-7(12-16-13(8(2)19)18-17-12)15-14(20)11-5-9-6-21-4-3-10(9)22-11/h5,7-8,19H,3-4,6H2,1-2H3,(H,15,20)(H,16,17,18). The molecule has 3 rings (SSSR count). The SMILES string of the molecule is CC(O)c1n[nH]c(C(C)NC(=O)c2cc3c(s2)CCOC3)n1. The monoisotopic (exact) mass is 322 g/mol. The first-order valence-electron chi connectivity index (χ1n) is 7.15. The van der Waals surface area contributed by atoms with Gasteiger partial charge in [0.05, 0.1) is 24.1 Å². The van der Waals surface area contributed by atoms with Gasteiger partial charge in [-0.25, -0.2) is 4.98 Å². The van der Waals surface area contributed by atoms with Gasteiger partial charge < -0.3 is 15.2 Å². The molecule has 2 atom stereocenters. The van der Waals surface area contributed by atoms with E-state index in [1.807, 2.05) is 13.0 Å². The number of aromatic amines is 1. The number of ether oxygens (including phenoxy) is 1. The molecule has 0 radical (unpaired) electrons. The summed E-state index contributed by atoms with van der Waals surface area (Å²) in [6.07, 6.45) is 0.125. The number of carbonyl (C=O) groups is 1. The number of hydrogen-bond acceptors (Lipinski definition) is 6. The van der Waals surface area contributed by atoms with Gasteiger partial charge in [0.2, 0.25) is 0 Å². The van der Waals surface area contributed by atoms with E-state index in [9.17, 15) is 9.90 Å². The third-order valence-electron chi connectivity index (χ3n) is 3.50. The molecule has 1 amide bonds. The van der Waals surface area contributed by atoms with Gasteiger partial charge in [0, 0.05) is 11.3 Å². The van der Waals surface area contributed by atoms with Crippen molar-refractivity contribution >= 4 is 17.2 Å². The molecule has 1 aliphatic rings. The number of aromatic nitrogens is 3. The van der Waals surface area contributed by atoms with Crippen molar-refractivity contribution in [1.29, 1.82) is 0 Å². The summed E-state index contributed by atoms with van der Waals surface area (Å²) in [4.78, 5) is 18.4. The van der Waals surface area contributed by atoms with Gasteiger partial charge in [-0.1, -0.05) is 0 Å². The number of thiophene rings is 1. The minimum atomic E-state index is -0.739. The van der Waals surface area contributed by atoms with Crippen LogP contribution in [0.4, 0.5) is 0 Å². The van der Waals surface area contributed by atoms with Gasteiger partial charge in [0.25, 0.3) is 5.91 Å². The van der Waals surface area contributed by atoms with Crippen LogP contribution >= 0.6 is 11.3 Å². The predicted octanol–water partition coefficient (Wildman–Crippen LogP) is 1.48. The van der Waals surface area contributed by atoms with E-state index in [4.69, 9.17) is 4.74 Å². The van der Waals surface area contributed by atoms with Crippen molar-refractivity contribution in [3.63, 3.8) is 0 Å². The minimum absolute atomic E-state index is 0.137. The highest BCUT2D eigenvalue weighted by molar-refractivity contribution is 7.14. The van der Waals surface area contributed by atoms with Gasteiger partial charge in [-0.3, -0.25) is 9.89 Å². The van der Waals surface area contributed by atoms with Crippen LogP contribution < -0.4 is 5.32 Å². The molecule has 0 aliphatic carbocycles. The van der Waals surface area contributed by atoms with Crippen molar-refractivity contribution in [2.45, 2.75) is 39.0 Å². The number of aliphatic hydroxyl groups excluding tert-OH is 1. The molecule has 7 nitrogen and oxygen atoms in total. The quantitative estimate of drug-likeness (QED) is 0.792. The smallest absolute Gasteiger partial charge is 0.261 e. The number of rotatable bonds is 4. The van der Waals surface area contributed by atoms with Crippen molar-refractivity contribution in [3.05, 3.63) is 33.0 Å². The van der Waals surface area contributed by atoms with Gasteiger partial charge >= 0.3 is 0 Å². The molecular weight excluding hydrogens is 304 g/mol. The van der Waals surface area contributed by atoms with Crippen LogP contribution in [0.1, 0.15) is 57.8 Å². The molecule has 2 unspecified atom stereocenters. The molecule has 1 aliphatic heterocycles. The topological polar surface area (TPSA) is 100 Å². The third kappa shape index (κ3) is 3.03. The maximum atomic E-state index is 12.3. The molecular formula is C14H18N4O3S. The molecule has 118 valence electrons. The maximum Gasteiger partial charge on any atom is 0.261 e. The average molecular weight is 322 g/mol. The van der Waals surface area contributed by atoms with Crippen LogP contribution in [0.3, 0.4) is 0 Å². The van der Waals surface area contributed by atoms with Gasteiger partial charge in [0.1, 0.15) is 11.9 Å². The lowest BCUT2D eigenvalue weighted by Gasteiger charge is -2.10. The fraction of sp³-hybridized carbons (Fsp3) is 0.500. The molecule has 22 heavy (non-hydrogen) atoms. The third-order valence-corrected chi connectivity index (χ3v) is 4.74. The number of nitrogens with zero attached hydrogens (tertiary/aromatic N) is 2. The van der Waals surface area contributed by atoms with Gasteiger partial charge in [-0.15, -0.1) is 11.3 Å². The lowest BCUT2D eigenvalue weighted by molar-refractivity contribution is 0.0942. The second kappa shape index (κ2) is 6.15. The van der Waals surface area contributed by atoms with E-state index in [2.05, 4.69) is 20.5 Å². The van der Waals surface area contributed by atoms with Crippen molar-refractivity contribution in [3.8, 4) is 0 Å². The molecule has 0 spiro atoms. The Kier molecular flexibility index (Phi) is 4.23. The van der Waals surface area contributed by atoms with Gasteiger partial charge in [-0.05, 0) is 25.5 Å². The number of aliphatic hydroxyl groups is 1. The van der Waals surface area contributed by atoms with Crippen molar-refractivity contribution in [2.75, 3.05) is 6.61 Å². The second-order valence-corrected chi connectivity index (χ2v) is 6.45. The zero-order valence-electron chi connectivity index (χ0n) is 12.4. The Hall–Kier alpha value is -1.77. The molecule has 0 fully saturated rings. The fourth-order valence-electron chi connectivity index (χ4n) is 2.26. The lowest BCUT2D eigenvalue weighted by atomic mass is 10.2. The largest absolute Gasteiger partial charge is 0.385 e. The second-order valence-electron chi connectivity index (χ2n) is 5.31. The summed E-state index contributed by atoms with van der Waals surface area (Å²) >= 11 is 1.51. The van der Waals surface area contributed by atoms with Crippen LogP contribution in [0.15, 0.2) is 6.07 Å². The Morgan fingerprint density at radius 3 is 3.05 bits per heavy atom. The number of fused-ring (bicyclic) bond motifs is 1. The predicted molar refractivity (Wildman–Crippen MR) is 80.6 cm³/mol. The highest BCUT2D eigenvalue weighted by atomic mass is 32.1. The van der Waals surface area contributed by atoms with Crippen LogP contribution in [-0.4, -0.2) is 32.8 Å². The normalized spacial score (nSPS) is 16.9. The fourth-order valence-corrected chi connectivity index (χ4v) is 3.32. The van der Waals surface area contributed by atoms with Crippen molar-refractivity contribution < 1.29 is 14.6 Å². The minimum Gasteiger partial charge on any atom is -0.385 e. The highest BCUT2D eigenvalue weighted by Crippen LogP contribution is 2.27. The van der Waals surface area contributed by atoms with E-state index in [0.29, 0.717) is 29.7 Å². The van der Waals surface area contributed by atoms with E-state index < -0.39 is 6.10 Å². The Labute approximate surface area is 131 Å². The molecule has 0 saturated carbocycles. The summed E-state index contributed by atoms with van der Waals surface area (Å²) < 4.78 is 5.39. The molecule has 2 aromatic heterocycles. The van der Waals surface area contributed by atoms with Gasteiger partial charge in [0.15, 0.2) is 5.82 Å².